The van der Waals surface area contributed by atoms with Crippen molar-refractivity contribution in [1.82, 2.24) is 10.1 Å². The number of aryl methyl sites for hydroxylation is 1. The highest BCUT2D eigenvalue weighted by molar-refractivity contribution is 5.33. The Labute approximate surface area is 99.6 Å². The predicted molar refractivity (Wildman–Crippen MR) is 62.3 cm³/mol. The number of nitrogens with two attached hydrogens (primary N) is 1. The van der Waals surface area contributed by atoms with Gasteiger partial charge in [-0.3, -0.25) is 0 Å². The van der Waals surface area contributed by atoms with Crippen LogP contribution < -0.4 is 10.5 Å². The fourth-order valence-electron chi connectivity index (χ4n) is 1.51. The molecule has 0 radical (unpaired) electrons. The van der Waals surface area contributed by atoms with Crippen LogP contribution in [0.1, 0.15) is 24.2 Å². The molecule has 0 amide bonds. The molecule has 0 aliphatic carbocycles. The van der Waals surface area contributed by atoms with E-state index in [0.29, 0.717) is 18.3 Å². The lowest BCUT2D eigenvalue weighted by molar-refractivity contribution is 0.282. The van der Waals surface area contributed by atoms with Crippen molar-refractivity contribution in [1.29, 1.82) is 0 Å². The summed E-state index contributed by atoms with van der Waals surface area (Å²) in [5.41, 5.74) is 6.54. The smallest absolute Gasteiger partial charge is 0.240 e. The molecule has 0 unspecified atom stereocenters. The van der Waals surface area contributed by atoms with Crippen molar-refractivity contribution in [2.24, 2.45) is 5.73 Å². The topological polar surface area (TPSA) is 74.2 Å². The van der Waals surface area contributed by atoms with Crippen LogP contribution in [0.5, 0.6) is 5.75 Å². The number of hydrogen-bond donors (Lipinski definition) is 1. The van der Waals surface area contributed by atoms with Crippen LogP contribution in [0, 0.1) is 0 Å². The molecule has 2 N–H and O–H groups in total. The van der Waals surface area contributed by atoms with E-state index >= 15 is 0 Å². The first-order valence-electron chi connectivity index (χ1n) is 5.55. The van der Waals surface area contributed by atoms with Gasteiger partial charge in [0.25, 0.3) is 0 Å². The van der Waals surface area contributed by atoms with Gasteiger partial charge in [0.05, 0.1) is 6.54 Å². The van der Waals surface area contributed by atoms with Crippen molar-refractivity contribution in [3.05, 3.63) is 41.5 Å². The number of nitrogens with zero attached hydrogens (tertiary/aromatic N) is 2. The Balaban J connectivity index is 2.01. The van der Waals surface area contributed by atoms with E-state index in [-0.39, 0.29) is 6.54 Å². The van der Waals surface area contributed by atoms with Gasteiger partial charge in [-0.1, -0.05) is 30.3 Å². The standard InChI is InChI=1S/C12H15N3O2/c1-2-9-5-3-4-6-10(9)16-8-11-14-12(7-13)17-15-11/h3-6H,2,7-8,13H2,1H3. The monoisotopic (exact) mass is 233 g/mol. The zero-order valence-electron chi connectivity index (χ0n) is 9.72. The van der Waals surface area contributed by atoms with E-state index in [0.717, 1.165) is 17.7 Å². The third-order valence-electron chi connectivity index (χ3n) is 2.40. The molecule has 0 aliphatic heterocycles. The second-order valence-electron chi connectivity index (χ2n) is 3.56. The van der Waals surface area contributed by atoms with E-state index in [4.69, 9.17) is 15.0 Å². The van der Waals surface area contributed by atoms with Gasteiger partial charge in [-0.2, -0.15) is 4.98 Å². The lowest BCUT2D eigenvalue weighted by Crippen LogP contribution is -2.01. The summed E-state index contributed by atoms with van der Waals surface area (Å²) in [7, 11) is 0. The van der Waals surface area contributed by atoms with E-state index in [1.165, 1.54) is 0 Å². The third kappa shape index (κ3) is 2.82. The van der Waals surface area contributed by atoms with Crippen molar-refractivity contribution in [2.75, 3.05) is 0 Å². The average Bonchev–Trinajstić information content (AvgIpc) is 2.84. The first-order valence-corrected chi connectivity index (χ1v) is 5.55. The minimum absolute atomic E-state index is 0.249. The summed E-state index contributed by atoms with van der Waals surface area (Å²) in [6.07, 6.45) is 0.927. The van der Waals surface area contributed by atoms with Gasteiger partial charge in [-0.15, -0.1) is 0 Å². The fraction of sp³-hybridized carbons (Fsp3) is 0.333. The highest BCUT2D eigenvalue weighted by atomic mass is 16.5. The molecule has 0 bridgehead atoms. The highest BCUT2D eigenvalue weighted by Gasteiger charge is 2.06. The number of rotatable bonds is 5. The summed E-state index contributed by atoms with van der Waals surface area (Å²) in [5.74, 6) is 1.79. The Morgan fingerprint density at radius 1 is 1.35 bits per heavy atom. The van der Waals surface area contributed by atoms with Crippen LogP contribution in [0.4, 0.5) is 0 Å². The Hall–Kier alpha value is -1.88. The SMILES string of the molecule is CCc1ccccc1OCc1noc(CN)n1. The van der Waals surface area contributed by atoms with Gasteiger partial charge in [0, 0.05) is 0 Å². The highest BCUT2D eigenvalue weighted by Crippen LogP contribution is 2.19. The molecule has 0 spiro atoms. The van der Waals surface area contributed by atoms with Crippen molar-refractivity contribution in [3.8, 4) is 5.75 Å². The number of para-hydroxylation sites is 1. The Bertz CT molecular complexity index is 482. The van der Waals surface area contributed by atoms with Gasteiger partial charge < -0.3 is 15.0 Å². The molecule has 0 fully saturated rings. The Kier molecular flexibility index (Phi) is 3.72. The van der Waals surface area contributed by atoms with Crippen LogP contribution in [0.15, 0.2) is 28.8 Å². The number of hydrogen-bond acceptors (Lipinski definition) is 5. The molecule has 2 aromatic rings. The summed E-state index contributed by atoms with van der Waals surface area (Å²) < 4.78 is 10.5. The molecule has 0 saturated heterocycles. The molecule has 2 rings (SSSR count). The van der Waals surface area contributed by atoms with Gasteiger partial charge in [-0.25, -0.2) is 0 Å². The van der Waals surface area contributed by atoms with Crippen LogP contribution in [-0.4, -0.2) is 10.1 Å². The van der Waals surface area contributed by atoms with Gasteiger partial charge >= 0.3 is 0 Å². The molecule has 5 nitrogen and oxygen atoms in total. The van der Waals surface area contributed by atoms with Gasteiger partial charge in [0.15, 0.2) is 6.61 Å². The maximum atomic E-state index is 5.65. The summed E-state index contributed by atoms with van der Waals surface area (Å²) in [4.78, 5) is 4.07. The molecular weight excluding hydrogens is 218 g/mol. The average molecular weight is 233 g/mol. The maximum Gasteiger partial charge on any atom is 0.240 e. The quantitative estimate of drug-likeness (QED) is 0.850. The molecule has 5 heteroatoms. The minimum atomic E-state index is 0.249. The predicted octanol–water partition coefficient (Wildman–Crippen LogP) is 1.67. The third-order valence-corrected chi connectivity index (χ3v) is 2.40. The maximum absolute atomic E-state index is 5.65. The molecule has 17 heavy (non-hydrogen) atoms. The van der Waals surface area contributed by atoms with Gasteiger partial charge in [0.2, 0.25) is 11.7 Å². The summed E-state index contributed by atoms with van der Waals surface area (Å²) in [6.45, 7) is 2.63. The second kappa shape index (κ2) is 5.45. The first kappa shape index (κ1) is 11.6. The molecule has 0 aliphatic rings. The van der Waals surface area contributed by atoms with E-state index in [1.54, 1.807) is 0 Å². The zero-order chi connectivity index (χ0) is 12.1. The van der Waals surface area contributed by atoms with Crippen LogP contribution in [0.25, 0.3) is 0 Å². The molecule has 0 saturated carbocycles. The molecule has 1 aromatic heterocycles. The number of ether oxygens (including phenoxy) is 1. The van der Waals surface area contributed by atoms with E-state index in [2.05, 4.69) is 17.1 Å². The number of aromatic nitrogens is 2. The number of benzene rings is 1. The van der Waals surface area contributed by atoms with Crippen molar-refractivity contribution < 1.29 is 9.26 Å². The lowest BCUT2D eigenvalue weighted by Gasteiger charge is -2.07. The minimum Gasteiger partial charge on any atom is -0.485 e. The normalized spacial score (nSPS) is 10.5. The Morgan fingerprint density at radius 3 is 2.88 bits per heavy atom. The van der Waals surface area contributed by atoms with Crippen LogP contribution in [0.3, 0.4) is 0 Å². The van der Waals surface area contributed by atoms with Crippen LogP contribution in [0.2, 0.25) is 0 Å². The van der Waals surface area contributed by atoms with Crippen molar-refractivity contribution >= 4 is 0 Å². The van der Waals surface area contributed by atoms with E-state index in [9.17, 15) is 0 Å². The summed E-state index contributed by atoms with van der Waals surface area (Å²) >= 11 is 0. The Morgan fingerprint density at radius 2 is 2.18 bits per heavy atom. The van der Waals surface area contributed by atoms with Crippen molar-refractivity contribution in [3.63, 3.8) is 0 Å². The molecule has 1 aromatic carbocycles. The summed E-state index contributed by atoms with van der Waals surface area (Å²) in [6, 6.07) is 7.90. The van der Waals surface area contributed by atoms with Crippen LogP contribution >= 0.6 is 0 Å². The molecule has 1 heterocycles. The van der Waals surface area contributed by atoms with E-state index in [1.807, 2.05) is 24.3 Å². The second-order valence-corrected chi connectivity index (χ2v) is 3.56. The molecule has 90 valence electrons. The fourth-order valence-corrected chi connectivity index (χ4v) is 1.51. The van der Waals surface area contributed by atoms with Gasteiger partial charge in [0.1, 0.15) is 5.75 Å². The molecule has 0 atom stereocenters. The largest absolute Gasteiger partial charge is 0.485 e. The summed E-state index contributed by atoms with van der Waals surface area (Å²) in [5, 5.41) is 3.77. The van der Waals surface area contributed by atoms with Gasteiger partial charge in [-0.05, 0) is 18.1 Å². The lowest BCUT2D eigenvalue weighted by atomic mass is 10.1. The first-order chi connectivity index (χ1) is 8.33. The molecular formula is C12H15N3O2. The van der Waals surface area contributed by atoms with E-state index < -0.39 is 0 Å². The van der Waals surface area contributed by atoms with Crippen LogP contribution in [-0.2, 0) is 19.6 Å². The zero-order valence-corrected chi connectivity index (χ0v) is 9.72. The van der Waals surface area contributed by atoms with Crippen molar-refractivity contribution in [2.45, 2.75) is 26.5 Å².